The first-order valence-electron chi connectivity index (χ1n) is 4.66. The molecule has 0 bridgehead atoms. The number of nitrogens with one attached hydrogen (secondary N) is 1. The van der Waals surface area contributed by atoms with Crippen molar-refractivity contribution in [2.45, 2.75) is 19.9 Å². The Labute approximate surface area is 94.5 Å². The monoisotopic (exact) mass is 251 g/mol. The van der Waals surface area contributed by atoms with Crippen LogP contribution in [0, 0.1) is 0 Å². The summed E-state index contributed by atoms with van der Waals surface area (Å²) < 4.78 is 27.0. The van der Waals surface area contributed by atoms with Gasteiger partial charge < -0.3 is 0 Å². The summed E-state index contributed by atoms with van der Waals surface area (Å²) in [7, 11) is -3.28. The molecule has 0 amide bonds. The molecule has 0 spiro atoms. The van der Waals surface area contributed by atoms with Crippen LogP contribution < -0.4 is 4.72 Å². The van der Waals surface area contributed by atoms with Crippen molar-refractivity contribution in [3.63, 3.8) is 0 Å². The summed E-state index contributed by atoms with van der Waals surface area (Å²) in [5, 5.41) is 3.96. The topological polar surface area (TPSA) is 64.0 Å². The predicted molar refractivity (Wildman–Crippen MR) is 60.6 cm³/mol. The molecule has 0 aliphatic heterocycles. The van der Waals surface area contributed by atoms with Crippen molar-refractivity contribution in [3.05, 3.63) is 12.4 Å². The lowest BCUT2D eigenvalue weighted by Gasteiger charge is -2.03. The van der Waals surface area contributed by atoms with Gasteiger partial charge in [-0.2, -0.15) is 5.10 Å². The molecular weight excluding hydrogens is 238 g/mol. The van der Waals surface area contributed by atoms with E-state index in [2.05, 4.69) is 9.82 Å². The lowest BCUT2D eigenvalue weighted by Crippen LogP contribution is -2.16. The summed E-state index contributed by atoms with van der Waals surface area (Å²) >= 11 is 5.43. The first-order chi connectivity index (χ1) is 7.07. The zero-order valence-electron chi connectivity index (χ0n) is 8.48. The second kappa shape index (κ2) is 5.37. The van der Waals surface area contributed by atoms with E-state index in [1.807, 2.05) is 6.92 Å². The Kier molecular flexibility index (Phi) is 4.41. The number of aryl methyl sites for hydroxylation is 1. The van der Waals surface area contributed by atoms with Crippen molar-refractivity contribution in [2.24, 2.45) is 0 Å². The zero-order chi connectivity index (χ0) is 11.3. The van der Waals surface area contributed by atoms with E-state index in [1.54, 1.807) is 10.9 Å². The summed E-state index contributed by atoms with van der Waals surface area (Å²) in [6.07, 6.45) is 3.58. The van der Waals surface area contributed by atoms with Crippen LogP contribution in [0.2, 0.25) is 0 Å². The molecule has 1 aromatic rings. The van der Waals surface area contributed by atoms with Crippen LogP contribution in [-0.2, 0) is 16.6 Å². The molecule has 0 fully saturated rings. The number of sulfonamides is 1. The van der Waals surface area contributed by atoms with E-state index in [0.717, 1.165) is 0 Å². The minimum atomic E-state index is -3.28. The van der Waals surface area contributed by atoms with Crippen LogP contribution in [0.25, 0.3) is 0 Å². The maximum Gasteiger partial charge on any atom is 0.232 e. The van der Waals surface area contributed by atoms with Gasteiger partial charge in [0.1, 0.15) is 0 Å². The molecule has 0 aliphatic rings. The SMILES string of the molecule is CCn1cc(NS(=O)(=O)CCCCl)cn1. The Balaban J connectivity index is 2.60. The molecule has 1 aromatic heterocycles. The van der Waals surface area contributed by atoms with Gasteiger partial charge in [-0.05, 0) is 13.3 Å². The molecule has 5 nitrogen and oxygen atoms in total. The second-order valence-corrected chi connectivity index (χ2v) is 5.27. The fraction of sp³-hybridized carbons (Fsp3) is 0.625. The molecule has 15 heavy (non-hydrogen) atoms. The normalized spacial score (nSPS) is 11.6. The van der Waals surface area contributed by atoms with E-state index < -0.39 is 10.0 Å². The predicted octanol–water partition coefficient (Wildman–Crippen LogP) is 1.27. The number of rotatable bonds is 6. The molecule has 0 unspecified atom stereocenters. The van der Waals surface area contributed by atoms with Crippen molar-refractivity contribution < 1.29 is 8.42 Å². The second-order valence-electron chi connectivity index (χ2n) is 3.05. The zero-order valence-corrected chi connectivity index (χ0v) is 10.1. The first-order valence-corrected chi connectivity index (χ1v) is 6.85. The highest BCUT2D eigenvalue weighted by molar-refractivity contribution is 7.92. The Bertz CT molecular complexity index is 402. The Morgan fingerprint density at radius 3 is 2.87 bits per heavy atom. The van der Waals surface area contributed by atoms with Gasteiger partial charge in [0, 0.05) is 18.6 Å². The van der Waals surface area contributed by atoms with Crippen LogP contribution in [0.5, 0.6) is 0 Å². The molecule has 0 aromatic carbocycles. The Morgan fingerprint density at radius 1 is 1.60 bits per heavy atom. The maximum atomic E-state index is 11.4. The summed E-state index contributed by atoms with van der Waals surface area (Å²) in [6.45, 7) is 2.64. The highest BCUT2D eigenvalue weighted by atomic mass is 35.5. The summed E-state index contributed by atoms with van der Waals surface area (Å²) in [5.41, 5.74) is 0.492. The van der Waals surface area contributed by atoms with Gasteiger partial charge in [0.2, 0.25) is 10.0 Å². The quantitative estimate of drug-likeness (QED) is 0.775. The van der Waals surface area contributed by atoms with Gasteiger partial charge in [-0.25, -0.2) is 8.42 Å². The molecule has 0 radical (unpaired) electrons. The smallest absolute Gasteiger partial charge is 0.232 e. The maximum absolute atomic E-state index is 11.4. The number of anilines is 1. The average Bonchev–Trinajstić information content (AvgIpc) is 2.62. The lowest BCUT2D eigenvalue weighted by atomic mass is 10.6. The molecule has 0 atom stereocenters. The molecule has 1 rings (SSSR count). The third kappa shape index (κ3) is 4.09. The summed E-state index contributed by atoms with van der Waals surface area (Å²) in [6, 6.07) is 0. The third-order valence-electron chi connectivity index (χ3n) is 1.78. The average molecular weight is 252 g/mol. The fourth-order valence-electron chi connectivity index (χ4n) is 1.06. The standard InChI is InChI=1S/C8H14ClN3O2S/c1-2-12-7-8(6-10-12)11-15(13,14)5-3-4-9/h6-7,11H,2-5H2,1H3. The Morgan fingerprint density at radius 2 is 2.33 bits per heavy atom. The van der Waals surface area contributed by atoms with Crippen molar-refractivity contribution in [1.82, 2.24) is 9.78 Å². The number of hydrogen-bond donors (Lipinski definition) is 1. The molecule has 0 aliphatic carbocycles. The van der Waals surface area contributed by atoms with Gasteiger partial charge in [-0.1, -0.05) is 0 Å². The molecule has 0 saturated carbocycles. The van der Waals surface area contributed by atoms with Gasteiger partial charge in [0.15, 0.2) is 0 Å². The number of halogens is 1. The number of hydrogen-bond acceptors (Lipinski definition) is 3. The van der Waals surface area contributed by atoms with E-state index in [4.69, 9.17) is 11.6 Å². The van der Waals surface area contributed by atoms with Gasteiger partial charge in [0.05, 0.1) is 17.6 Å². The van der Waals surface area contributed by atoms with Gasteiger partial charge >= 0.3 is 0 Å². The number of nitrogens with zero attached hydrogens (tertiary/aromatic N) is 2. The van der Waals surface area contributed by atoms with Crippen molar-refractivity contribution >= 4 is 27.3 Å². The summed E-state index contributed by atoms with van der Waals surface area (Å²) in [5.74, 6) is 0.378. The van der Waals surface area contributed by atoms with Crippen LogP contribution in [-0.4, -0.2) is 29.8 Å². The molecular formula is C8H14ClN3O2S. The van der Waals surface area contributed by atoms with E-state index in [9.17, 15) is 8.42 Å². The molecule has 0 saturated heterocycles. The largest absolute Gasteiger partial charge is 0.280 e. The lowest BCUT2D eigenvalue weighted by molar-refractivity contribution is 0.600. The van der Waals surface area contributed by atoms with Crippen molar-refractivity contribution in [3.8, 4) is 0 Å². The first kappa shape index (κ1) is 12.3. The molecule has 7 heteroatoms. The van der Waals surface area contributed by atoms with Crippen molar-refractivity contribution in [1.29, 1.82) is 0 Å². The van der Waals surface area contributed by atoms with Gasteiger partial charge in [-0.15, -0.1) is 11.6 Å². The number of alkyl halides is 1. The van der Waals surface area contributed by atoms with Crippen LogP contribution >= 0.6 is 11.6 Å². The van der Waals surface area contributed by atoms with Crippen LogP contribution in [0.3, 0.4) is 0 Å². The molecule has 1 N–H and O–H groups in total. The van der Waals surface area contributed by atoms with Crippen molar-refractivity contribution in [2.75, 3.05) is 16.4 Å². The van der Waals surface area contributed by atoms with E-state index >= 15 is 0 Å². The highest BCUT2D eigenvalue weighted by Gasteiger charge is 2.10. The summed E-state index contributed by atoms with van der Waals surface area (Å²) in [4.78, 5) is 0. The van der Waals surface area contributed by atoms with Crippen LogP contribution in [0.1, 0.15) is 13.3 Å². The third-order valence-corrected chi connectivity index (χ3v) is 3.42. The Hall–Kier alpha value is -0.750. The van der Waals surface area contributed by atoms with Gasteiger partial charge in [0.25, 0.3) is 0 Å². The van der Waals surface area contributed by atoms with E-state index in [0.29, 0.717) is 24.5 Å². The van der Waals surface area contributed by atoms with Crippen LogP contribution in [0.4, 0.5) is 5.69 Å². The molecule has 86 valence electrons. The highest BCUT2D eigenvalue weighted by Crippen LogP contribution is 2.08. The minimum Gasteiger partial charge on any atom is -0.280 e. The molecule has 1 heterocycles. The number of aromatic nitrogens is 2. The fourth-order valence-corrected chi connectivity index (χ4v) is 2.45. The van der Waals surface area contributed by atoms with E-state index in [-0.39, 0.29) is 5.75 Å². The van der Waals surface area contributed by atoms with E-state index in [1.165, 1.54) is 6.20 Å². The van der Waals surface area contributed by atoms with Gasteiger partial charge in [-0.3, -0.25) is 9.40 Å². The van der Waals surface area contributed by atoms with Crippen LogP contribution in [0.15, 0.2) is 12.4 Å². The minimum absolute atomic E-state index is 0.0355.